The average Bonchev–Trinajstić information content (AvgIpc) is 2.19. The summed E-state index contributed by atoms with van der Waals surface area (Å²) in [6, 6.07) is 6.04. The van der Waals surface area contributed by atoms with E-state index in [4.69, 9.17) is 11.3 Å². The van der Waals surface area contributed by atoms with Crippen LogP contribution in [0.2, 0.25) is 0 Å². The Balaban J connectivity index is 0.00000196. The van der Waals surface area contributed by atoms with Crippen molar-refractivity contribution in [3.8, 4) is 0 Å². The first-order valence-electron chi connectivity index (χ1n) is 4.31. The van der Waals surface area contributed by atoms with Crippen LogP contribution < -0.4 is 17.0 Å². The molecule has 1 aromatic rings. The number of amidine groups is 1. The first-order valence-corrected chi connectivity index (χ1v) is 5.53. The fourth-order valence-corrected chi connectivity index (χ4v) is 1.48. The van der Waals surface area contributed by atoms with Gasteiger partial charge in [-0.25, -0.2) is 5.84 Å². The monoisotopic (exact) mass is 226 g/mol. The molecule has 6 N–H and O–H groups in total. The van der Waals surface area contributed by atoms with Gasteiger partial charge < -0.3 is 6.15 Å². The van der Waals surface area contributed by atoms with E-state index in [9.17, 15) is 0 Å². The number of aryl methyl sites for hydroxylation is 2. The van der Waals surface area contributed by atoms with Crippen LogP contribution in [0.25, 0.3) is 0 Å². The van der Waals surface area contributed by atoms with Crippen molar-refractivity contribution < 1.29 is 0 Å². The molecule has 15 heavy (non-hydrogen) atoms. The highest BCUT2D eigenvalue weighted by atomic mass is 32.2. The summed E-state index contributed by atoms with van der Waals surface area (Å²) in [5.41, 5.74) is 3.12. The van der Waals surface area contributed by atoms with E-state index < -0.39 is 0 Å². The lowest BCUT2D eigenvalue weighted by atomic mass is 10.1. The molecular formula is C10H18N4S. The van der Waals surface area contributed by atoms with Crippen LogP contribution in [-0.4, -0.2) is 11.4 Å². The summed E-state index contributed by atoms with van der Waals surface area (Å²) < 4.78 is 0. The molecule has 0 aliphatic heterocycles. The number of hydrogen-bond donors (Lipinski definition) is 3. The van der Waals surface area contributed by atoms with E-state index in [0.717, 1.165) is 16.8 Å². The van der Waals surface area contributed by atoms with Crippen LogP contribution in [0.4, 0.5) is 5.69 Å². The normalized spacial score (nSPS) is 9.33. The average molecular weight is 226 g/mol. The highest BCUT2D eigenvalue weighted by Gasteiger charge is 2.09. The Hall–Kier alpha value is -1.04. The van der Waals surface area contributed by atoms with Gasteiger partial charge in [0, 0.05) is 0 Å². The zero-order valence-electron chi connectivity index (χ0n) is 9.37. The van der Waals surface area contributed by atoms with Gasteiger partial charge in [-0.05, 0) is 37.3 Å². The number of rotatable bonds is 1. The van der Waals surface area contributed by atoms with Gasteiger partial charge >= 0.3 is 0 Å². The summed E-state index contributed by atoms with van der Waals surface area (Å²) in [5, 5.41) is 9.37. The van der Waals surface area contributed by atoms with Crippen LogP contribution in [0, 0.1) is 19.3 Å². The first-order chi connectivity index (χ1) is 6.56. The van der Waals surface area contributed by atoms with Crippen LogP contribution in [0.5, 0.6) is 0 Å². The second-order valence-corrected chi connectivity index (χ2v) is 3.96. The van der Waals surface area contributed by atoms with Gasteiger partial charge in [0.05, 0.1) is 5.69 Å². The zero-order valence-corrected chi connectivity index (χ0v) is 10.2. The topological polar surface area (TPSA) is 88.1 Å². The van der Waals surface area contributed by atoms with Crippen LogP contribution in [-0.2, 0) is 0 Å². The molecule has 0 fully saturated rings. The molecule has 84 valence electrons. The second-order valence-electron chi connectivity index (χ2n) is 3.17. The van der Waals surface area contributed by atoms with E-state index in [1.165, 1.54) is 16.8 Å². The van der Waals surface area contributed by atoms with Gasteiger partial charge in [-0.3, -0.25) is 10.4 Å². The Morgan fingerprint density at radius 2 is 2.00 bits per heavy atom. The molecule has 5 heteroatoms. The lowest BCUT2D eigenvalue weighted by Gasteiger charge is -2.20. The molecule has 0 atom stereocenters. The summed E-state index contributed by atoms with van der Waals surface area (Å²) in [4.78, 5) is 0. The molecule has 0 heterocycles. The van der Waals surface area contributed by atoms with Crippen LogP contribution >= 0.6 is 11.8 Å². The summed E-state index contributed by atoms with van der Waals surface area (Å²) in [7, 11) is 0. The van der Waals surface area contributed by atoms with Crippen molar-refractivity contribution in [3.63, 3.8) is 0 Å². The highest BCUT2D eigenvalue weighted by Crippen LogP contribution is 2.20. The third-order valence-corrected chi connectivity index (χ3v) is 2.62. The minimum absolute atomic E-state index is 0. The molecule has 1 rings (SSSR count). The number of hydrogen-bond acceptors (Lipinski definition) is 4. The van der Waals surface area contributed by atoms with Gasteiger partial charge in [0.25, 0.3) is 0 Å². The van der Waals surface area contributed by atoms with E-state index in [1.54, 1.807) is 0 Å². The largest absolute Gasteiger partial charge is 0.344 e. The van der Waals surface area contributed by atoms with Crippen LogP contribution in [0.15, 0.2) is 18.2 Å². The fraction of sp³-hybridized carbons (Fsp3) is 0.300. The molecule has 1 aromatic carbocycles. The molecule has 0 aromatic heterocycles. The second kappa shape index (κ2) is 5.75. The predicted molar refractivity (Wildman–Crippen MR) is 68.8 cm³/mol. The summed E-state index contributed by atoms with van der Waals surface area (Å²) in [6.07, 6.45) is 1.84. The molecule has 0 aliphatic carbocycles. The third-order valence-electron chi connectivity index (χ3n) is 2.04. The Kier molecular flexibility index (Phi) is 5.35. The van der Waals surface area contributed by atoms with Crippen molar-refractivity contribution in [3.05, 3.63) is 29.3 Å². The van der Waals surface area contributed by atoms with Crippen molar-refractivity contribution in [1.82, 2.24) is 6.15 Å². The standard InChI is InChI=1S/C10H15N3S.H3N/c1-7-4-5-8(2)9(6-7)13(12)10(11)14-3;/h4-6,11H,12H2,1-3H3;1H3. The number of nitrogens with one attached hydrogen (secondary N) is 1. The van der Waals surface area contributed by atoms with Crippen LogP contribution in [0.1, 0.15) is 11.1 Å². The summed E-state index contributed by atoms with van der Waals surface area (Å²) >= 11 is 1.33. The molecule has 0 unspecified atom stereocenters. The van der Waals surface area contributed by atoms with Gasteiger partial charge in [0.1, 0.15) is 0 Å². The highest BCUT2D eigenvalue weighted by molar-refractivity contribution is 8.13. The Bertz CT molecular complexity index is 351. The number of thioether (sulfide) groups is 1. The molecule has 0 radical (unpaired) electrons. The van der Waals surface area contributed by atoms with E-state index in [0.29, 0.717) is 5.17 Å². The smallest absolute Gasteiger partial charge is 0.175 e. The Morgan fingerprint density at radius 3 is 2.53 bits per heavy atom. The molecule has 4 nitrogen and oxygen atoms in total. The Morgan fingerprint density at radius 1 is 1.40 bits per heavy atom. The lowest BCUT2D eigenvalue weighted by Crippen LogP contribution is -2.35. The maximum atomic E-state index is 7.61. The summed E-state index contributed by atoms with van der Waals surface area (Å²) in [6.45, 7) is 4.00. The SMILES string of the molecule is CSC(=N)N(N)c1cc(C)ccc1C.N. The lowest BCUT2D eigenvalue weighted by molar-refractivity contribution is 1.11. The van der Waals surface area contributed by atoms with E-state index >= 15 is 0 Å². The number of hydrazine groups is 1. The minimum Gasteiger partial charge on any atom is -0.344 e. The molecule has 0 bridgehead atoms. The molecule has 0 amide bonds. The number of nitrogens with two attached hydrogens (primary N) is 1. The van der Waals surface area contributed by atoms with E-state index in [-0.39, 0.29) is 6.15 Å². The Labute approximate surface area is 94.9 Å². The van der Waals surface area contributed by atoms with E-state index in [2.05, 4.69) is 0 Å². The van der Waals surface area contributed by atoms with Crippen molar-refractivity contribution in [1.29, 1.82) is 5.41 Å². The van der Waals surface area contributed by atoms with Gasteiger partial charge in [-0.2, -0.15) is 0 Å². The van der Waals surface area contributed by atoms with Gasteiger partial charge in [-0.1, -0.05) is 23.9 Å². The molecule has 0 saturated heterocycles. The van der Waals surface area contributed by atoms with Crippen molar-refractivity contribution >= 4 is 22.6 Å². The third kappa shape index (κ3) is 3.23. The predicted octanol–water partition coefficient (Wildman–Crippen LogP) is 2.44. The quantitative estimate of drug-likeness (QED) is 0.297. The minimum atomic E-state index is 0. The molecule has 0 spiro atoms. The van der Waals surface area contributed by atoms with Crippen LogP contribution in [0.3, 0.4) is 0 Å². The number of nitrogens with zero attached hydrogens (tertiary/aromatic N) is 1. The van der Waals surface area contributed by atoms with Crippen molar-refractivity contribution in [2.75, 3.05) is 11.3 Å². The first kappa shape index (κ1) is 14.0. The summed E-state index contributed by atoms with van der Waals surface area (Å²) in [5.74, 6) is 5.81. The van der Waals surface area contributed by atoms with E-state index in [1.807, 2.05) is 38.3 Å². The maximum Gasteiger partial charge on any atom is 0.175 e. The number of benzene rings is 1. The van der Waals surface area contributed by atoms with Crippen molar-refractivity contribution in [2.45, 2.75) is 13.8 Å². The molecular weight excluding hydrogens is 208 g/mol. The van der Waals surface area contributed by atoms with Gasteiger partial charge in [0.15, 0.2) is 5.17 Å². The molecule has 0 saturated carbocycles. The zero-order chi connectivity index (χ0) is 10.7. The van der Waals surface area contributed by atoms with Crippen molar-refractivity contribution in [2.24, 2.45) is 5.84 Å². The molecule has 0 aliphatic rings. The van der Waals surface area contributed by atoms with Gasteiger partial charge in [-0.15, -0.1) is 0 Å². The maximum absolute atomic E-state index is 7.61. The van der Waals surface area contributed by atoms with Gasteiger partial charge in [0.2, 0.25) is 0 Å². The number of anilines is 1. The fourth-order valence-electron chi connectivity index (χ4n) is 1.19.